The third-order valence-corrected chi connectivity index (χ3v) is 3.92. The Labute approximate surface area is 134 Å². The Morgan fingerprint density at radius 2 is 2.09 bits per heavy atom. The van der Waals surface area contributed by atoms with Gasteiger partial charge in [-0.05, 0) is 44.4 Å². The molecule has 0 aromatic heterocycles. The highest BCUT2D eigenvalue weighted by atomic mass is 15.0. The summed E-state index contributed by atoms with van der Waals surface area (Å²) < 4.78 is 0. The highest BCUT2D eigenvalue weighted by Crippen LogP contribution is 2.21. The van der Waals surface area contributed by atoms with E-state index in [-0.39, 0.29) is 5.92 Å². The fraction of sp³-hybridized carbons (Fsp3) is 0.421. The molecule has 0 heterocycles. The van der Waals surface area contributed by atoms with Crippen LogP contribution in [0.15, 0.2) is 40.5 Å². The Kier molecular flexibility index (Phi) is 7.42. The molecule has 0 aliphatic rings. The zero-order valence-corrected chi connectivity index (χ0v) is 14.1. The number of nitrogens with two attached hydrogens (primary N) is 1. The van der Waals surface area contributed by atoms with Crippen LogP contribution in [0.3, 0.4) is 0 Å². The average Bonchev–Trinajstić information content (AvgIpc) is 2.51. The third kappa shape index (κ3) is 4.75. The van der Waals surface area contributed by atoms with E-state index in [0.29, 0.717) is 6.54 Å². The third-order valence-electron chi connectivity index (χ3n) is 3.92. The maximum Gasteiger partial charge on any atom is 0.124 e. The van der Waals surface area contributed by atoms with Crippen molar-refractivity contribution in [3.8, 4) is 12.5 Å². The van der Waals surface area contributed by atoms with Gasteiger partial charge in [-0.2, -0.15) is 4.99 Å². The molecule has 1 atom stereocenters. The number of nitrogens with one attached hydrogen (secondary N) is 1. The zero-order valence-electron chi connectivity index (χ0n) is 14.1. The first-order chi connectivity index (χ1) is 10.5. The maximum atomic E-state index is 5.66. The normalized spacial score (nSPS) is 14.1. The van der Waals surface area contributed by atoms with Crippen LogP contribution >= 0.6 is 0 Å². The van der Waals surface area contributed by atoms with E-state index in [0.717, 1.165) is 24.4 Å². The van der Waals surface area contributed by atoms with Gasteiger partial charge in [-0.25, -0.2) is 0 Å². The molecular formula is C19H27N3. The van der Waals surface area contributed by atoms with Crippen molar-refractivity contribution >= 4 is 5.84 Å². The zero-order chi connectivity index (χ0) is 16.5. The summed E-state index contributed by atoms with van der Waals surface area (Å²) in [7, 11) is 0. The second-order valence-corrected chi connectivity index (χ2v) is 5.48. The van der Waals surface area contributed by atoms with Gasteiger partial charge in [-0.15, -0.1) is 0 Å². The number of aliphatic imine (C=N–C) groups is 1. The molecule has 0 saturated heterocycles. The molecule has 1 rings (SSSR count). The Bertz CT molecular complexity index is 591. The summed E-state index contributed by atoms with van der Waals surface area (Å²) >= 11 is 0. The summed E-state index contributed by atoms with van der Waals surface area (Å²) in [5, 5.41) is 3.45. The summed E-state index contributed by atoms with van der Waals surface area (Å²) in [6.45, 7) is 9.09. The van der Waals surface area contributed by atoms with E-state index in [9.17, 15) is 0 Å². The molecule has 3 heteroatoms. The Hall–Kier alpha value is -2.05. The van der Waals surface area contributed by atoms with Crippen LogP contribution in [-0.2, 0) is 0 Å². The van der Waals surface area contributed by atoms with Gasteiger partial charge in [0.1, 0.15) is 5.84 Å². The van der Waals surface area contributed by atoms with Gasteiger partial charge in [-0.1, -0.05) is 50.1 Å². The quantitative estimate of drug-likeness (QED) is 0.478. The molecule has 3 N–H and O–H groups in total. The Balaban J connectivity index is 3.10. The maximum absolute atomic E-state index is 5.66. The number of aryl methyl sites for hydroxylation is 1. The molecule has 0 saturated carbocycles. The smallest absolute Gasteiger partial charge is 0.124 e. The van der Waals surface area contributed by atoms with E-state index < -0.39 is 0 Å². The molecule has 1 aromatic carbocycles. The number of hydrogen-bond acceptors (Lipinski definition) is 2. The largest absolute Gasteiger partial charge is 0.346 e. The summed E-state index contributed by atoms with van der Waals surface area (Å²) in [4.78, 5) is 4.24. The summed E-state index contributed by atoms with van der Waals surface area (Å²) in [5.41, 5.74) is 10.5. The Morgan fingerprint density at radius 3 is 2.64 bits per heavy atom. The predicted molar refractivity (Wildman–Crippen MR) is 95.7 cm³/mol. The minimum absolute atomic E-state index is 0.115. The molecule has 1 aromatic rings. The molecule has 0 spiro atoms. The van der Waals surface area contributed by atoms with Gasteiger partial charge in [0.15, 0.2) is 0 Å². The Morgan fingerprint density at radius 1 is 1.41 bits per heavy atom. The van der Waals surface area contributed by atoms with Crippen molar-refractivity contribution in [3.63, 3.8) is 0 Å². The van der Waals surface area contributed by atoms with Crippen LogP contribution in [0, 0.1) is 19.4 Å². The standard InChI is InChI=1S/C19H27N3/c1-6-18(15(4)12-13-20)22-19(21-7-2)16(5)17-11-9-8-10-14(17)3/h2,8-11,16H,6,12-13,20H2,1,3-5H3,(H,21,22)/b18-15+. The van der Waals surface area contributed by atoms with Crippen LogP contribution in [0.1, 0.15) is 50.7 Å². The average molecular weight is 297 g/mol. The van der Waals surface area contributed by atoms with E-state index in [1.807, 2.05) is 12.1 Å². The van der Waals surface area contributed by atoms with E-state index in [4.69, 9.17) is 12.2 Å². The van der Waals surface area contributed by atoms with Crippen LogP contribution in [0.25, 0.3) is 0 Å². The summed E-state index contributed by atoms with van der Waals surface area (Å²) in [5.74, 6) is 0.925. The number of hydrogen-bond donors (Lipinski definition) is 2. The molecule has 22 heavy (non-hydrogen) atoms. The molecule has 0 radical (unpaired) electrons. The first-order valence-corrected chi connectivity index (χ1v) is 7.79. The molecule has 1 unspecified atom stereocenters. The van der Waals surface area contributed by atoms with E-state index in [2.05, 4.69) is 56.2 Å². The molecule has 0 aliphatic heterocycles. The highest BCUT2D eigenvalue weighted by Gasteiger charge is 2.16. The topological polar surface area (TPSA) is 50.4 Å². The van der Waals surface area contributed by atoms with E-state index in [1.165, 1.54) is 16.7 Å². The lowest BCUT2D eigenvalue weighted by Gasteiger charge is -2.21. The van der Waals surface area contributed by atoms with Crippen molar-refractivity contribution < 1.29 is 0 Å². The molecular weight excluding hydrogens is 270 g/mol. The lowest BCUT2D eigenvalue weighted by atomic mass is 9.95. The number of terminal acetylenes is 1. The van der Waals surface area contributed by atoms with Gasteiger partial charge in [0, 0.05) is 17.7 Å². The molecule has 3 nitrogen and oxygen atoms in total. The lowest BCUT2D eigenvalue weighted by molar-refractivity contribution is 0.843. The van der Waals surface area contributed by atoms with Crippen molar-refractivity contribution in [2.24, 2.45) is 10.7 Å². The fourth-order valence-corrected chi connectivity index (χ4v) is 2.54. The van der Waals surface area contributed by atoms with Crippen molar-refractivity contribution in [3.05, 3.63) is 46.7 Å². The first kappa shape index (κ1) is 18.0. The van der Waals surface area contributed by atoms with Gasteiger partial charge in [0.25, 0.3) is 0 Å². The van der Waals surface area contributed by atoms with Gasteiger partial charge in [0.05, 0.1) is 0 Å². The van der Waals surface area contributed by atoms with Crippen LogP contribution in [0.4, 0.5) is 0 Å². The van der Waals surface area contributed by atoms with E-state index in [1.54, 1.807) is 0 Å². The van der Waals surface area contributed by atoms with Crippen molar-refractivity contribution in [2.75, 3.05) is 6.54 Å². The molecule has 0 bridgehead atoms. The van der Waals surface area contributed by atoms with Crippen molar-refractivity contribution in [2.45, 2.75) is 46.5 Å². The summed E-state index contributed by atoms with van der Waals surface area (Å²) in [6.07, 6.45) is 7.19. The molecule has 0 aliphatic carbocycles. The highest BCUT2D eigenvalue weighted by molar-refractivity contribution is 5.91. The van der Waals surface area contributed by atoms with Crippen molar-refractivity contribution in [1.29, 1.82) is 0 Å². The van der Waals surface area contributed by atoms with Crippen LogP contribution in [0.5, 0.6) is 0 Å². The summed E-state index contributed by atoms with van der Waals surface area (Å²) in [6, 6.07) is 10.7. The predicted octanol–water partition coefficient (Wildman–Crippen LogP) is 3.71. The number of nitrogens with zero attached hydrogens (tertiary/aromatic N) is 1. The number of amidine groups is 1. The number of allylic oxidation sites excluding steroid dienone is 1. The number of rotatable bonds is 6. The van der Waals surface area contributed by atoms with Gasteiger partial charge >= 0.3 is 0 Å². The van der Waals surface area contributed by atoms with Crippen LogP contribution in [0.2, 0.25) is 0 Å². The molecule has 0 fully saturated rings. The SMILES string of the molecule is C#CN=C(N/C(CC)=C(\C)CCN)C(C)c1ccccc1C. The van der Waals surface area contributed by atoms with Crippen LogP contribution in [-0.4, -0.2) is 12.4 Å². The van der Waals surface area contributed by atoms with Gasteiger partial charge in [-0.3, -0.25) is 0 Å². The minimum atomic E-state index is 0.115. The van der Waals surface area contributed by atoms with Crippen LogP contribution < -0.4 is 11.1 Å². The monoisotopic (exact) mass is 297 g/mol. The molecule has 118 valence electrons. The fourth-order valence-electron chi connectivity index (χ4n) is 2.54. The van der Waals surface area contributed by atoms with Gasteiger partial charge < -0.3 is 11.1 Å². The number of benzene rings is 1. The van der Waals surface area contributed by atoms with E-state index >= 15 is 0 Å². The van der Waals surface area contributed by atoms with Gasteiger partial charge in [0.2, 0.25) is 0 Å². The van der Waals surface area contributed by atoms with Crippen molar-refractivity contribution in [1.82, 2.24) is 5.32 Å². The minimum Gasteiger partial charge on any atom is -0.346 e. The lowest BCUT2D eigenvalue weighted by Crippen LogP contribution is -2.29. The first-order valence-electron chi connectivity index (χ1n) is 7.79. The second-order valence-electron chi connectivity index (χ2n) is 5.48. The molecule has 0 amide bonds. The second kappa shape index (κ2) is 9.07.